The van der Waals surface area contributed by atoms with Gasteiger partial charge >= 0.3 is 0 Å². The van der Waals surface area contributed by atoms with Crippen molar-refractivity contribution in [2.75, 3.05) is 0 Å². The van der Waals surface area contributed by atoms with Crippen LogP contribution in [-0.2, 0) is 0 Å². The second-order valence-electron chi connectivity index (χ2n) is 7.84. The number of carbonyl (C=O) groups excluding carboxylic acids is 1. The van der Waals surface area contributed by atoms with E-state index in [1.54, 1.807) is 6.92 Å². The first kappa shape index (κ1) is 17.3. The van der Waals surface area contributed by atoms with Crippen LogP contribution in [0.15, 0.2) is 30.3 Å². The first-order valence-corrected chi connectivity index (χ1v) is 7.91. The van der Waals surface area contributed by atoms with Crippen molar-refractivity contribution in [2.24, 2.45) is 0 Å². The van der Waals surface area contributed by atoms with Gasteiger partial charge in [-0.2, -0.15) is 0 Å². The Morgan fingerprint density at radius 2 is 1.43 bits per heavy atom. The topological polar surface area (TPSA) is 35.5 Å². The molecular weight excluding hydrogens is 288 g/mol. The van der Waals surface area contributed by atoms with Crippen molar-refractivity contribution in [2.45, 2.75) is 59.7 Å². The summed E-state index contributed by atoms with van der Waals surface area (Å²) in [5.41, 5.74) is -0.00768. The summed E-state index contributed by atoms with van der Waals surface area (Å²) in [6.45, 7) is 13.5. The number of hydrogen-bond acceptors (Lipinski definition) is 3. The van der Waals surface area contributed by atoms with Gasteiger partial charge in [-0.1, -0.05) is 6.07 Å². The Labute approximate surface area is 138 Å². The van der Waals surface area contributed by atoms with Crippen LogP contribution < -0.4 is 9.47 Å². The fourth-order valence-corrected chi connectivity index (χ4v) is 2.36. The third-order valence-electron chi connectivity index (χ3n) is 3.13. The molecule has 124 valence electrons. The molecule has 0 aliphatic heterocycles. The van der Waals surface area contributed by atoms with Gasteiger partial charge in [0.2, 0.25) is 0 Å². The van der Waals surface area contributed by atoms with Gasteiger partial charge in [-0.3, -0.25) is 4.79 Å². The van der Waals surface area contributed by atoms with Gasteiger partial charge in [0.15, 0.2) is 5.78 Å². The van der Waals surface area contributed by atoms with Gasteiger partial charge in [-0.15, -0.1) is 0 Å². The molecule has 0 saturated heterocycles. The van der Waals surface area contributed by atoms with Crippen LogP contribution in [0, 0.1) is 0 Å². The van der Waals surface area contributed by atoms with Gasteiger partial charge in [0, 0.05) is 0 Å². The van der Waals surface area contributed by atoms with Crippen molar-refractivity contribution in [1.82, 2.24) is 0 Å². The molecule has 0 spiro atoms. The van der Waals surface area contributed by atoms with Crippen LogP contribution >= 0.6 is 0 Å². The summed E-state index contributed by atoms with van der Waals surface area (Å²) in [6, 6.07) is 9.71. The van der Waals surface area contributed by atoms with Crippen molar-refractivity contribution in [3.63, 3.8) is 0 Å². The second kappa shape index (κ2) is 5.88. The molecule has 0 N–H and O–H groups in total. The largest absolute Gasteiger partial charge is 0.488 e. The Balaban J connectivity index is 2.54. The normalized spacial score (nSPS) is 12.3. The molecular formula is C20H26O3. The summed E-state index contributed by atoms with van der Waals surface area (Å²) < 4.78 is 11.9. The highest BCUT2D eigenvalue weighted by Gasteiger charge is 2.18. The maximum atomic E-state index is 11.9. The zero-order chi connectivity index (χ0) is 17.4. The number of ether oxygens (including phenoxy) is 2. The lowest BCUT2D eigenvalue weighted by atomic mass is 10.0. The van der Waals surface area contributed by atoms with Gasteiger partial charge in [-0.25, -0.2) is 0 Å². The molecule has 2 rings (SSSR count). The van der Waals surface area contributed by atoms with Gasteiger partial charge in [-0.05, 0) is 83.5 Å². The Hall–Kier alpha value is -2.03. The zero-order valence-electron chi connectivity index (χ0n) is 15.1. The number of rotatable bonds is 3. The summed E-state index contributed by atoms with van der Waals surface area (Å²) >= 11 is 0. The molecule has 0 heterocycles. The average molecular weight is 314 g/mol. The molecule has 0 radical (unpaired) electrons. The van der Waals surface area contributed by atoms with Crippen LogP contribution in [0.4, 0.5) is 0 Å². The number of ketones is 1. The Bertz CT molecular complexity index is 731. The van der Waals surface area contributed by atoms with Crippen molar-refractivity contribution >= 4 is 16.6 Å². The minimum absolute atomic E-state index is 0.00108. The lowest BCUT2D eigenvalue weighted by Gasteiger charge is -2.24. The number of Topliss-reactive ketones (excluding diaryl/α,β-unsaturated/α-hetero) is 1. The highest BCUT2D eigenvalue weighted by molar-refractivity contribution is 6.01. The van der Waals surface area contributed by atoms with E-state index in [0.717, 1.165) is 16.5 Å². The van der Waals surface area contributed by atoms with E-state index in [-0.39, 0.29) is 17.0 Å². The van der Waals surface area contributed by atoms with E-state index in [1.807, 2.05) is 71.9 Å². The summed E-state index contributed by atoms with van der Waals surface area (Å²) in [7, 11) is 0. The van der Waals surface area contributed by atoms with Crippen molar-refractivity contribution < 1.29 is 14.3 Å². The fraction of sp³-hybridized carbons (Fsp3) is 0.450. The zero-order valence-corrected chi connectivity index (χ0v) is 15.1. The summed E-state index contributed by atoms with van der Waals surface area (Å²) in [5, 5.41) is 1.99. The molecule has 0 bridgehead atoms. The van der Waals surface area contributed by atoms with E-state index in [9.17, 15) is 4.79 Å². The molecule has 3 heteroatoms. The van der Waals surface area contributed by atoms with E-state index in [1.165, 1.54) is 0 Å². The van der Waals surface area contributed by atoms with Crippen LogP contribution in [0.3, 0.4) is 0 Å². The van der Waals surface area contributed by atoms with Crippen molar-refractivity contribution in [1.29, 1.82) is 0 Å². The maximum Gasteiger partial charge on any atom is 0.163 e. The minimum atomic E-state index is -0.364. The van der Waals surface area contributed by atoms with Crippen LogP contribution in [0.5, 0.6) is 11.5 Å². The number of benzene rings is 2. The Morgan fingerprint density at radius 3 is 1.96 bits per heavy atom. The molecule has 0 aliphatic carbocycles. The third-order valence-corrected chi connectivity index (χ3v) is 3.13. The molecule has 0 aromatic heterocycles. The first-order chi connectivity index (χ1) is 10.4. The molecule has 0 aliphatic rings. The molecule has 0 atom stereocenters. The molecule has 2 aromatic carbocycles. The molecule has 2 aromatic rings. The number of fused-ring (bicyclic) bond motifs is 1. The van der Waals surface area contributed by atoms with E-state index < -0.39 is 0 Å². The second-order valence-corrected chi connectivity index (χ2v) is 7.84. The smallest absolute Gasteiger partial charge is 0.163 e. The Kier molecular flexibility index (Phi) is 4.43. The lowest BCUT2D eigenvalue weighted by molar-refractivity contribution is 0.0991. The molecule has 3 nitrogen and oxygen atoms in total. The quantitative estimate of drug-likeness (QED) is 0.712. The van der Waals surface area contributed by atoms with Crippen LogP contribution in [0.1, 0.15) is 58.8 Å². The Morgan fingerprint density at radius 1 is 0.826 bits per heavy atom. The SMILES string of the molecule is CC(=O)c1cc2ccc(OC(C)(C)C)cc2cc1OC(C)(C)C. The molecule has 0 amide bonds. The monoisotopic (exact) mass is 314 g/mol. The lowest BCUT2D eigenvalue weighted by Crippen LogP contribution is -2.24. The van der Waals surface area contributed by atoms with E-state index in [2.05, 4.69) is 0 Å². The maximum absolute atomic E-state index is 11.9. The first-order valence-electron chi connectivity index (χ1n) is 7.91. The standard InChI is InChI=1S/C20H26O3/c1-13(21)17-11-14-8-9-16(22-19(2,3)4)10-15(14)12-18(17)23-20(5,6)7/h8-12H,1-7H3. The van der Waals surface area contributed by atoms with Crippen molar-refractivity contribution in [3.8, 4) is 11.5 Å². The van der Waals surface area contributed by atoms with Gasteiger partial charge in [0.1, 0.15) is 22.7 Å². The number of hydrogen-bond donors (Lipinski definition) is 0. The summed E-state index contributed by atoms with van der Waals surface area (Å²) in [4.78, 5) is 11.9. The molecule has 0 saturated carbocycles. The molecule has 0 fully saturated rings. The molecule has 0 unspecified atom stereocenters. The number of carbonyl (C=O) groups is 1. The fourth-order valence-electron chi connectivity index (χ4n) is 2.36. The van der Waals surface area contributed by atoms with Gasteiger partial charge < -0.3 is 9.47 Å². The molecule has 23 heavy (non-hydrogen) atoms. The average Bonchev–Trinajstić information content (AvgIpc) is 2.33. The van der Waals surface area contributed by atoms with E-state index in [0.29, 0.717) is 11.3 Å². The predicted octanol–water partition coefficient (Wildman–Crippen LogP) is 5.40. The highest BCUT2D eigenvalue weighted by Crippen LogP contribution is 2.32. The van der Waals surface area contributed by atoms with E-state index in [4.69, 9.17) is 9.47 Å². The van der Waals surface area contributed by atoms with Crippen LogP contribution in [0.25, 0.3) is 10.8 Å². The highest BCUT2D eigenvalue weighted by atomic mass is 16.5. The van der Waals surface area contributed by atoms with Gasteiger partial charge in [0.25, 0.3) is 0 Å². The van der Waals surface area contributed by atoms with Crippen molar-refractivity contribution in [3.05, 3.63) is 35.9 Å². The van der Waals surface area contributed by atoms with Crippen LogP contribution in [0.2, 0.25) is 0 Å². The summed E-state index contributed by atoms with van der Waals surface area (Å²) in [6.07, 6.45) is 0. The third kappa shape index (κ3) is 4.72. The summed E-state index contributed by atoms with van der Waals surface area (Å²) in [5.74, 6) is 1.42. The van der Waals surface area contributed by atoms with E-state index >= 15 is 0 Å². The van der Waals surface area contributed by atoms with Crippen LogP contribution in [-0.4, -0.2) is 17.0 Å². The predicted molar refractivity (Wildman–Crippen MR) is 94.7 cm³/mol. The van der Waals surface area contributed by atoms with Gasteiger partial charge in [0.05, 0.1) is 5.56 Å². The minimum Gasteiger partial charge on any atom is -0.488 e.